The average Bonchev–Trinajstić information content (AvgIpc) is 2.78. The van der Waals surface area contributed by atoms with Gasteiger partial charge in [0.05, 0.1) is 0 Å². The van der Waals surface area contributed by atoms with E-state index in [2.05, 4.69) is 23.8 Å². The van der Waals surface area contributed by atoms with Crippen molar-refractivity contribution in [2.24, 2.45) is 17.8 Å². The molecule has 2 fully saturated rings. The van der Waals surface area contributed by atoms with Crippen LogP contribution in [0.15, 0.2) is 24.3 Å². The van der Waals surface area contributed by atoms with Gasteiger partial charge in [-0.25, -0.2) is 8.78 Å². The second kappa shape index (κ2) is 12.2. The van der Waals surface area contributed by atoms with Crippen molar-refractivity contribution in [2.45, 2.75) is 103 Å². The zero-order valence-corrected chi connectivity index (χ0v) is 19.6. The number of hydrogen-bond donors (Lipinski definition) is 0. The van der Waals surface area contributed by atoms with Gasteiger partial charge in [0.15, 0.2) is 11.6 Å². The third-order valence-corrected chi connectivity index (χ3v) is 7.60. The first-order valence-electron chi connectivity index (χ1n) is 12.6. The minimum absolute atomic E-state index is 0.0126. The fourth-order valence-electron chi connectivity index (χ4n) is 5.61. The van der Waals surface area contributed by atoms with Crippen molar-refractivity contribution >= 4 is 0 Å². The molecule has 0 atom stereocenters. The summed E-state index contributed by atoms with van der Waals surface area (Å²) in [5.74, 6) is -1.66. The van der Waals surface area contributed by atoms with E-state index in [1.807, 2.05) is 0 Å². The van der Waals surface area contributed by atoms with Crippen LogP contribution in [0.25, 0.3) is 0 Å². The molecule has 1 aromatic rings. The van der Waals surface area contributed by atoms with E-state index in [1.54, 1.807) is 0 Å². The van der Waals surface area contributed by atoms with Gasteiger partial charge in [-0.05, 0) is 92.7 Å². The molecule has 6 heteroatoms. The van der Waals surface area contributed by atoms with Gasteiger partial charge < -0.3 is 4.74 Å². The van der Waals surface area contributed by atoms with Crippen molar-refractivity contribution in [3.05, 3.63) is 41.5 Å². The summed E-state index contributed by atoms with van der Waals surface area (Å²) in [5.41, 5.74) is 0.435. The Balaban J connectivity index is 1.39. The Hall–Kier alpha value is -1.59. The Kier molecular flexibility index (Phi) is 9.63. The van der Waals surface area contributed by atoms with Crippen LogP contribution in [0.5, 0.6) is 5.75 Å². The molecule has 1 nitrogen and oxygen atoms in total. The number of unbranched alkanes of at least 4 members (excludes halogenated alkanes) is 1. The highest BCUT2D eigenvalue weighted by Gasteiger charge is 2.35. The third kappa shape index (κ3) is 8.29. The minimum atomic E-state index is -5.12. The molecule has 0 N–H and O–H groups in total. The van der Waals surface area contributed by atoms with Crippen molar-refractivity contribution in [1.82, 2.24) is 0 Å². The Morgan fingerprint density at radius 1 is 0.818 bits per heavy atom. The molecule has 0 aliphatic heterocycles. The molecule has 0 spiro atoms. The number of hydrogen-bond acceptors (Lipinski definition) is 1. The number of rotatable bonds is 9. The smallest absolute Gasteiger partial charge is 0.399 e. The zero-order valence-electron chi connectivity index (χ0n) is 19.6. The molecule has 3 rings (SSSR count). The van der Waals surface area contributed by atoms with Crippen LogP contribution in [0.4, 0.5) is 22.0 Å². The molecule has 2 saturated carbocycles. The van der Waals surface area contributed by atoms with Crippen molar-refractivity contribution in [2.75, 3.05) is 0 Å². The molecular weight excluding hydrogens is 435 g/mol. The first kappa shape index (κ1) is 26.0. The van der Waals surface area contributed by atoms with E-state index >= 15 is 0 Å². The topological polar surface area (TPSA) is 9.23 Å². The fraction of sp³-hybridized carbons (Fsp3) is 0.704. The molecule has 0 aromatic heterocycles. The van der Waals surface area contributed by atoms with Gasteiger partial charge >= 0.3 is 6.36 Å². The monoisotopic (exact) mass is 472 g/mol. The maximum absolute atomic E-state index is 14.1. The highest BCUT2D eigenvalue weighted by Crippen LogP contribution is 2.41. The number of halogens is 5. The molecule has 0 saturated heterocycles. The number of allylic oxidation sites excluding steroid dienone is 2. The summed E-state index contributed by atoms with van der Waals surface area (Å²) in [7, 11) is 0. The number of benzene rings is 1. The van der Waals surface area contributed by atoms with Crippen LogP contribution in [-0.4, -0.2) is 6.36 Å². The van der Waals surface area contributed by atoms with E-state index in [0.717, 1.165) is 49.7 Å². The lowest BCUT2D eigenvalue weighted by Crippen LogP contribution is -2.20. The summed E-state index contributed by atoms with van der Waals surface area (Å²) >= 11 is 0. The lowest BCUT2D eigenvalue weighted by Gasteiger charge is -2.32. The van der Waals surface area contributed by atoms with E-state index in [0.29, 0.717) is 11.5 Å². The fourth-order valence-corrected chi connectivity index (χ4v) is 5.61. The standard InChI is InChI=1S/C27H37F5O/c1-2-3-4-5-6-19-7-9-20(10-8-19)11-12-21-13-15-22(16-14-21)23-17-24(28)26(25(29)18-23)33-27(30,31)32/h4-5,17-22H,2-3,6-16H2,1H3/b5-4+. The van der Waals surface area contributed by atoms with Crippen molar-refractivity contribution < 1.29 is 26.7 Å². The Morgan fingerprint density at radius 3 is 1.85 bits per heavy atom. The van der Waals surface area contributed by atoms with Crippen LogP contribution in [0, 0.1) is 29.4 Å². The Labute approximate surface area is 194 Å². The van der Waals surface area contributed by atoms with Gasteiger partial charge in [-0.3, -0.25) is 0 Å². The van der Waals surface area contributed by atoms with E-state index in [-0.39, 0.29) is 5.92 Å². The molecule has 0 bridgehead atoms. The van der Waals surface area contributed by atoms with E-state index in [9.17, 15) is 22.0 Å². The molecule has 2 aliphatic rings. The van der Waals surface area contributed by atoms with Gasteiger partial charge in [0.1, 0.15) is 0 Å². The maximum Gasteiger partial charge on any atom is 0.573 e. The van der Waals surface area contributed by atoms with E-state index < -0.39 is 23.7 Å². The predicted octanol–water partition coefficient (Wildman–Crippen LogP) is 9.47. The number of ether oxygens (including phenoxy) is 1. The van der Waals surface area contributed by atoms with E-state index in [1.165, 1.54) is 57.8 Å². The molecule has 0 amide bonds. The summed E-state index contributed by atoms with van der Waals surface area (Å²) in [4.78, 5) is 0. The lowest BCUT2D eigenvalue weighted by molar-refractivity contribution is -0.276. The summed E-state index contributed by atoms with van der Waals surface area (Å²) in [6, 6.07) is 2.01. The highest BCUT2D eigenvalue weighted by molar-refractivity contribution is 5.33. The second-order valence-corrected chi connectivity index (χ2v) is 10.0. The van der Waals surface area contributed by atoms with E-state index in [4.69, 9.17) is 0 Å². The largest absolute Gasteiger partial charge is 0.573 e. The van der Waals surface area contributed by atoms with Crippen molar-refractivity contribution in [3.63, 3.8) is 0 Å². The first-order chi connectivity index (χ1) is 15.7. The van der Waals surface area contributed by atoms with Crippen molar-refractivity contribution in [1.29, 1.82) is 0 Å². The summed E-state index contributed by atoms with van der Waals surface area (Å²) in [6.07, 6.45) is 14.6. The molecule has 0 radical (unpaired) electrons. The minimum Gasteiger partial charge on any atom is -0.399 e. The number of alkyl halides is 3. The molecule has 33 heavy (non-hydrogen) atoms. The zero-order chi connectivity index (χ0) is 23.8. The van der Waals surface area contributed by atoms with Gasteiger partial charge in [0.25, 0.3) is 0 Å². The van der Waals surface area contributed by atoms with Crippen molar-refractivity contribution in [3.8, 4) is 5.75 Å². The molecule has 1 aromatic carbocycles. The lowest BCUT2D eigenvalue weighted by atomic mass is 9.74. The quantitative estimate of drug-likeness (QED) is 0.257. The van der Waals surface area contributed by atoms with Crippen LogP contribution in [-0.2, 0) is 0 Å². The van der Waals surface area contributed by atoms with Crippen LogP contribution in [0.2, 0.25) is 0 Å². The molecule has 0 heterocycles. The van der Waals surface area contributed by atoms with Crippen LogP contribution in [0.1, 0.15) is 102 Å². The highest BCUT2D eigenvalue weighted by atomic mass is 19.4. The second-order valence-electron chi connectivity index (χ2n) is 10.0. The van der Waals surface area contributed by atoms with Crippen LogP contribution in [0.3, 0.4) is 0 Å². The Morgan fingerprint density at radius 2 is 1.33 bits per heavy atom. The SMILES string of the molecule is CCC/C=C/CC1CCC(CCC2CCC(c3cc(F)c(OC(F)(F)F)c(F)c3)CC2)CC1. The average molecular weight is 473 g/mol. The summed E-state index contributed by atoms with van der Waals surface area (Å²) in [5, 5.41) is 0. The molecule has 2 aliphatic carbocycles. The van der Waals surface area contributed by atoms with Gasteiger partial charge in [0.2, 0.25) is 5.75 Å². The molecule has 186 valence electrons. The summed E-state index contributed by atoms with van der Waals surface area (Å²) < 4.78 is 68.6. The Bertz CT molecular complexity index is 733. The summed E-state index contributed by atoms with van der Waals surface area (Å²) in [6.45, 7) is 2.20. The first-order valence-corrected chi connectivity index (χ1v) is 12.6. The van der Waals surface area contributed by atoms with Crippen LogP contribution >= 0.6 is 0 Å². The molecule has 0 unspecified atom stereocenters. The third-order valence-electron chi connectivity index (χ3n) is 7.60. The van der Waals surface area contributed by atoms with Gasteiger partial charge in [0, 0.05) is 0 Å². The van der Waals surface area contributed by atoms with Gasteiger partial charge in [-0.15, -0.1) is 13.2 Å². The normalized spacial score (nSPS) is 26.6. The van der Waals surface area contributed by atoms with Crippen LogP contribution < -0.4 is 4.74 Å². The molecular formula is C27H37F5O. The maximum atomic E-state index is 14.1. The van der Waals surface area contributed by atoms with Gasteiger partial charge in [-0.1, -0.05) is 51.2 Å². The van der Waals surface area contributed by atoms with Gasteiger partial charge in [-0.2, -0.15) is 0 Å². The predicted molar refractivity (Wildman–Crippen MR) is 121 cm³/mol.